The highest BCUT2D eigenvalue weighted by Crippen LogP contribution is 2.46. The molecule has 0 bridgehead atoms. The van der Waals surface area contributed by atoms with Crippen LogP contribution in [0.1, 0.15) is 73.9 Å². The molecule has 0 saturated heterocycles. The summed E-state index contributed by atoms with van der Waals surface area (Å²) in [4.78, 5) is 14.2. The van der Waals surface area contributed by atoms with Crippen molar-refractivity contribution in [3.05, 3.63) is 70.3 Å². The summed E-state index contributed by atoms with van der Waals surface area (Å²) in [6, 6.07) is 11.2. The predicted molar refractivity (Wildman–Crippen MR) is 170 cm³/mol. The first-order valence-corrected chi connectivity index (χ1v) is 17.3. The van der Waals surface area contributed by atoms with Gasteiger partial charge in [0.15, 0.2) is 0 Å². The summed E-state index contributed by atoms with van der Waals surface area (Å²) in [5, 5.41) is 26.4. The number of aliphatic hydroxyl groups is 1. The van der Waals surface area contributed by atoms with Gasteiger partial charge >= 0.3 is 5.97 Å². The van der Waals surface area contributed by atoms with Gasteiger partial charge in [0.2, 0.25) is 10.0 Å². The zero-order valence-electron chi connectivity index (χ0n) is 24.9. The van der Waals surface area contributed by atoms with E-state index in [9.17, 15) is 23.4 Å². The number of anilines is 1. The number of halogens is 1. The summed E-state index contributed by atoms with van der Waals surface area (Å²) >= 11 is 6.36. The van der Waals surface area contributed by atoms with Crippen molar-refractivity contribution in [2.24, 2.45) is 22.9 Å². The van der Waals surface area contributed by atoms with Crippen molar-refractivity contribution in [2.75, 3.05) is 24.6 Å². The molecule has 4 N–H and O–H groups in total. The van der Waals surface area contributed by atoms with E-state index in [1.54, 1.807) is 24.3 Å². The minimum atomic E-state index is -3.62. The fourth-order valence-electron chi connectivity index (χ4n) is 7.49. The number of rotatable bonds is 10. The highest BCUT2D eigenvalue weighted by atomic mass is 35.5. The number of carboxylic acid groups (broad SMARTS) is 1. The van der Waals surface area contributed by atoms with E-state index in [2.05, 4.69) is 17.0 Å². The molecule has 1 aliphatic heterocycles. The molecule has 2 aromatic carbocycles. The van der Waals surface area contributed by atoms with Crippen molar-refractivity contribution < 1.29 is 28.2 Å². The molecule has 10 heteroatoms. The van der Waals surface area contributed by atoms with Crippen molar-refractivity contribution in [1.29, 1.82) is 0 Å². The molecule has 1 fully saturated rings. The lowest BCUT2D eigenvalue weighted by atomic mass is 9.68. The number of nitrogens with zero attached hydrogens (tertiary/aromatic N) is 1. The SMILES string of the molecule is CC[C@H]([C@@H](C)C/C=C/[C@H](O)[C@@H]1CC[C@H]1CN1CC2(CCCc3cc(Cl)ccc32)COc2ccc(C(=O)O)cc21)S(N)(=O)=O. The maximum atomic E-state index is 11.9. The van der Waals surface area contributed by atoms with Crippen LogP contribution in [0.4, 0.5) is 5.69 Å². The largest absolute Gasteiger partial charge is 0.490 e. The van der Waals surface area contributed by atoms with E-state index in [1.165, 1.54) is 11.1 Å². The van der Waals surface area contributed by atoms with E-state index >= 15 is 0 Å². The van der Waals surface area contributed by atoms with E-state index < -0.39 is 27.3 Å². The van der Waals surface area contributed by atoms with Gasteiger partial charge in [-0.3, -0.25) is 0 Å². The van der Waals surface area contributed by atoms with Crippen LogP contribution in [0.2, 0.25) is 5.02 Å². The summed E-state index contributed by atoms with van der Waals surface area (Å²) in [7, 11) is -3.62. The van der Waals surface area contributed by atoms with Gasteiger partial charge in [0.05, 0.1) is 29.2 Å². The molecule has 1 unspecified atom stereocenters. The first kappa shape index (κ1) is 31.8. The molecule has 2 aromatic rings. The number of primary sulfonamides is 1. The number of allylic oxidation sites excluding steroid dienone is 1. The van der Waals surface area contributed by atoms with Crippen LogP contribution in [0.5, 0.6) is 5.75 Å². The Bertz CT molecular complexity index is 1480. The van der Waals surface area contributed by atoms with Crippen LogP contribution in [0.15, 0.2) is 48.6 Å². The Balaban J connectivity index is 1.37. The van der Waals surface area contributed by atoms with Crippen LogP contribution in [0.3, 0.4) is 0 Å². The van der Waals surface area contributed by atoms with E-state index in [4.69, 9.17) is 21.5 Å². The minimum Gasteiger partial charge on any atom is -0.490 e. The topological polar surface area (TPSA) is 130 Å². The number of aryl methyl sites for hydroxylation is 1. The zero-order chi connectivity index (χ0) is 30.9. The zero-order valence-corrected chi connectivity index (χ0v) is 26.5. The molecule has 234 valence electrons. The predicted octanol–water partition coefficient (Wildman–Crippen LogP) is 5.55. The molecule has 5 rings (SSSR count). The van der Waals surface area contributed by atoms with E-state index in [0.717, 1.165) is 42.8 Å². The van der Waals surface area contributed by atoms with Gasteiger partial charge in [-0.2, -0.15) is 0 Å². The minimum absolute atomic E-state index is 0.0513. The Hall–Kier alpha value is -2.59. The molecule has 0 amide bonds. The fraction of sp³-hybridized carbons (Fsp3) is 0.545. The second-order valence-electron chi connectivity index (χ2n) is 12.8. The Morgan fingerprint density at radius 3 is 2.72 bits per heavy atom. The Morgan fingerprint density at radius 1 is 1.26 bits per heavy atom. The monoisotopic (exact) mass is 630 g/mol. The van der Waals surface area contributed by atoms with Gasteiger partial charge in [-0.1, -0.05) is 43.7 Å². The van der Waals surface area contributed by atoms with Gasteiger partial charge in [-0.15, -0.1) is 0 Å². The van der Waals surface area contributed by atoms with Crippen LogP contribution in [0, 0.1) is 17.8 Å². The van der Waals surface area contributed by atoms with Gasteiger partial charge in [-0.05, 0) is 104 Å². The van der Waals surface area contributed by atoms with Gasteiger partial charge in [0.1, 0.15) is 5.75 Å². The molecule has 1 heterocycles. The van der Waals surface area contributed by atoms with Crippen LogP contribution >= 0.6 is 11.6 Å². The number of hydrogen-bond acceptors (Lipinski definition) is 6. The van der Waals surface area contributed by atoms with Crippen LogP contribution < -0.4 is 14.8 Å². The number of ether oxygens (including phenoxy) is 1. The van der Waals surface area contributed by atoms with Gasteiger partial charge < -0.3 is 19.8 Å². The number of hydrogen-bond donors (Lipinski definition) is 3. The van der Waals surface area contributed by atoms with Gasteiger partial charge in [-0.25, -0.2) is 18.4 Å². The molecule has 0 radical (unpaired) electrons. The quantitative estimate of drug-likeness (QED) is 0.294. The summed E-state index contributed by atoms with van der Waals surface area (Å²) in [5.74, 6) is -0.204. The fourth-order valence-corrected chi connectivity index (χ4v) is 8.90. The van der Waals surface area contributed by atoms with E-state index in [0.29, 0.717) is 38.3 Å². The number of nitrogens with two attached hydrogens (primary N) is 1. The summed E-state index contributed by atoms with van der Waals surface area (Å²) in [5.41, 5.74) is 3.20. The standard InChI is InChI=1S/C33H43ClN2O6S/c1-3-31(43(35,40)41)21(2)6-4-8-29(37)26-12-9-24(26)18-36-19-33(15-5-7-22-16-25(34)11-13-27(22)33)20-42-30-14-10-23(32(38)39)17-28(30)36/h4,8,10-11,13-14,16-17,21,24,26,29,31,37H,3,5-7,9,12,15,18-20H2,1-2H3,(H,38,39)(H2,35,40,41)/b8-4+/t21-,24-,26+,29-,31+,33?/m0/s1. The number of benzene rings is 2. The van der Waals surface area contributed by atoms with E-state index in [-0.39, 0.29) is 28.7 Å². The number of aliphatic hydroxyl groups excluding tert-OH is 1. The number of sulfonamides is 1. The number of fused-ring (bicyclic) bond motifs is 3. The smallest absolute Gasteiger partial charge is 0.335 e. The molecule has 2 aliphatic carbocycles. The Morgan fingerprint density at radius 2 is 2.05 bits per heavy atom. The van der Waals surface area contributed by atoms with Crippen LogP contribution in [-0.4, -0.2) is 55.7 Å². The molecule has 0 aromatic heterocycles. The van der Waals surface area contributed by atoms with Gasteiger partial charge in [0.25, 0.3) is 0 Å². The third kappa shape index (κ3) is 6.75. The van der Waals surface area contributed by atoms with Crippen molar-refractivity contribution in [3.8, 4) is 5.75 Å². The average molecular weight is 631 g/mol. The molecule has 1 spiro atoms. The molecule has 43 heavy (non-hydrogen) atoms. The van der Waals surface area contributed by atoms with Crippen molar-refractivity contribution in [1.82, 2.24) is 0 Å². The summed E-state index contributed by atoms with van der Waals surface area (Å²) in [6.45, 7) is 5.53. The average Bonchev–Trinajstić information content (AvgIpc) is 3.07. The Kier molecular flexibility index (Phi) is 9.47. The van der Waals surface area contributed by atoms with Crippen molar-refractivity contribution in [3.63, 3.8) is 0 Å². The van der Waals surface area contributed by atoms with E-state index in [1.807, 2.05) is 26.0 Å². The lowest BCUT2D eigenvalue weighted by molar-refractivity contribution is 0.0455. The number of aromatic carboxylic acids is 1. The lowest BCUT2D eigenvalue weighted by Crippen LogP contribution is -2.49. The second-order valence-corrected chi connectivity index (χ2v) is 15.0. The summed E-state index contributed by atoms with van der Waals surface area (Å²) in [6.07, 6.45) is 8.77. The number of carboxylic acids is 1. The van der Waals surface area contributed by atoms with Crippen LogP contribution in [-0.2, 0) is 21.9 Å². The third-order valence-corrected chi connectivity index (χ3v) is 11.8. The molecule has 8 nitrogen and oxygen atoms in total. The normalized spacial score (nSPS) is 25.7. The van der Waals surface area contributed by atoms with Crippen molar-refractivity contribution in [2.45, 2.75) is 75.6 Å². The van der Waals surface area contributed by atoms with Gasteiger partial charge in [0, 0.05) is 23.5 Å². The molecule has 6 atom stereocenters. The Labute approximate surface area is 259 Å². The lowest BCUT2D eigenvalue weighted by Gasteiger charge is -2.45. The highest BCUT2D eigenvalue weighted by Gasteiger charge is 2.44. The third-order valence-electron chi connectivity index (χ3n) is 9.95. The first-order valence-electron chi connectivity index (χ1n) is 15.3. The van der Waals surface area contributed by atoms with Crippen molar-refractivity contribution >= 4 is 33.3 Å². The molecule has 1 saturated carbocycles. The maximum Gasteiger partial charge on any atom is 0.335 e. The summed E-state index contributed by atoms with van der Waals surface area (Å²) < 4.78 is 30.3. The van der Waals surface area contributed by atoms with Crippen LogP contribution in [0.25, 0.3) is 0 Å². The highest BCUT2D eigenvalue weighted by molar-refractivity contribution is 7.89. The maximum absolute atomic E-state index is 11.9. The first-order chi connectivity index (χ1) is 20.4. The molecular formula is C33H43ClN2O6S. The second kappa shape index (κ2) is 12.8. The number of carbonyl (C=O) groups is 1. The molecule has 3 aliphatic rings. The molecular weight excluding hydrogens is 588 g/mol.